The van der Waals surface area contributed by atoms with E-state index in [9.17, 15) is 5.11 Å². The van der Waals surface area contributed by atoms with E-state index in [1.807, 2.05) is 32.0 Å². The van der Waals surface area contributed by atoms with E-state index in [1.165, 1.54) is 0 Å². The Labute approximate surface area is 146 Å². The number of hydrogen-bond donors (Lipinski definition) is 1. The van der Waals surface area contributed by atoms with Gasteiger partial charge in [0.25, 0.3) is 0 Å². The van der Waals surface area contributed by atoms with Crippen molar-refractivity contribution in [2.24, 2.45) is 0 Å². The average molecular weight is 345 g/mol. The molecule has 0 amide bonds. The number of aliphatic hydroxyl groups is 1. The summed E-state index contributed by atoms with van der Waals surface area (Å²) in [6.07, 6.45) is 0.431. The fourth-order valence-electron chi connectivity index (χ4n) is 3.44. The van der Waals surface area contributed by atoms with Gasteiger partial charge in [0.15, 0.2) is 17.3 Å². The number of fused-ring (bicyclic) bond motifs is 1. The quantitative estimate of drug-likeness (QED) is 0.910. The molecule has 0 spiro atoms. The van der Waals surface area contributed by atoms with Crippen molar-refractivity contribution in [1.82, 2.24) is 15.0 Å². The first kappa shape index (κ1) is 16.4. The molecule has 7 heteroatoms. The number of β-amino-alcohol motifs (C(OH)–C–C–N with tert-alkyl or cyclic N) is 1. The minimum atomic E-state index is -0.439. The molecule has 4 rings (SSSR count). The highest BCUT2D eigenvalue weighted by atomic mass is 16.7. The predicted octanol–water partition coefficient (Wildman–Crippen LogP) is 2.27. The molecule has 0 bridgehead atoms. The number of benzene rings is 1. The summed E-state index contributed by atoms with van der Waals surface area (Å²) < 4.78 is 16.1. The monoisotopic (exact) mass is 345 g/mol. The van der Waals surface area contributed by atoms with Gasteiger partial charge in [-0.2, -0.15) is 4.98 Å². The first-order valence-corrected chi connectivity index (χ1v) is 8.72. The molecule has 0 saturated carbocycles. The van der Waals surface area contributed by atoms with Gasteiger partial charge in [-0.1, -0.05) is 25.1 Å². The molecule has 2 aliphatic rings. The summed E-state index contributed by atoms with van der Waals surface area (Å²) in [6.45, 7) is 6.38. The second-order valence-corrected chi connectivity index (χ2v) is 7.01. The van der Waals surface area contributed by atoms with Crippen molar-refractivity contribution in [3.05, 3.63) is 35.5 Å². The second-order valence-electron chi connectivity index (χ2n) is 7.01. The van der Waals surface area contributed by atoms with Gasteiger partial charge in [0.05, 0.1) is 12.6 Å². The van der Waals surface area contributed by atoms with Crippen molar-refractivity contribution in [1.29, 1.82) is 0 Å². The molecule has 2 aliphatic heterocycles. The molecule has 2 atom stereocenters. The maximum absolute atomic E-state index is 10.6. The minimum absolute atomic E-state index is 0.0993. The molecule has 0 unspecified atom stereocenters. The van der Waals surface area contributed by atoms with Crippen molar-refractivity contribution >= 4 is 0 Å². The minimum Gasteiger partial charge on any atom is -0.454 e. The van der Waals surface area contributed by atoms with Crippen LogP contribution in [-0.4, -0.2) is 46.1 Å². The molecule has 1 aromatic carbocycles. The molecule has 3 heterocycles. The molecule has 1 fully saturated rings. The first-order valence-electron chi connectivity index (χ1n) is 8.72. The van der Waals surface area contributed by atoms with Crippen LogP contribution >= 0.6 is 0 Å². The van der Waals surface area contributed by atoms with Gasteiger partial charge in [-0.25, -0.2) is 0 Å². The zero-order valence-electron chi connectivity index (χ0n) is 14.5. The zero-order chi connectivity index (χ0) is 17.4. The largest absolute Gasteiger partial charge is 0.454 e. The van der Waals surface area contributed by atoms with Gasteiger partial charge in [-0.05, 0) is 30.7 Å². The number of nitrogens with zero attached hydrogens (tertiary/aromatic N) is 3. The summed E-state index contributed by atoms with van der Waals surface area (Å²) in [4.78, 5) is 6.58. The zero-order valence-corrected chi connectivity index (χ0v) is 14.5. The van der Waals surface area contributed by atoms with E-state index in [0.717, 1.165) is 30.0 Å². The van der Waals surface area contributed by atoms with Gasteiger partial charge in [-0.3, -0.25) is 4.90 Å². The van der Waals surface area contributed by atoms with Crippen LogP contribution in [-0.2, 0) is 6.54 Å². The average Bonchev–Trinajstić information content (AvgIpc) is 3.23. The Hall–Kier alpha value is -2.12. The third kappa shape index (κ3) is 3.34. The van der Waals surface area contributed by atoms with Crippen LogP contribution in [0.25, 0.3) is 0 Å². The van der Waals surface area contributed by atoms with Crippen LogP contribution in [0.15, 0.2) is 22.7 Å². The third-order valence-electron chi connectivity index (χ3n) is 4.83. The lowest BCUT2D eigenvalue weighted by Crippen LogP contribution is -2.42. The number of hydrogen-bond acceptors (Lipinski definition) is 7. The molecule has 7 nitrogen and oxygen atoms in total. The Morgan fingerprint density at radius 1 is 1.28 bits per heavy atom. The summed E-state index contributed by atoms with van der Waals surface area (Å²) in [5, 5.41) is 14.7. The lowest BCUT2D eigenvalue weighted by atomic mass is 9.87. The third-order valence-corrected chi connectivity index (χ3v) is 4.83. The molecule has 2 aromatic rings. The highest BCUT2D eigenvalue weighted by Gasteiger charge is 2.30. The first-order chi connectivity index (χ1) is 12.1. The standard InChI is InChI=1S/C18H23N3O4/c1-11(2)18-19-17(20-25-18)9-21-6-5-13(14(22)8-21)12-3-4-15-16(7-12)24-10-23-15/h3-4,7,11,13-14,22H,5-6,8-10H2,1-2H3/t13-,14+/m1/s1. The Bertz CT molecular complexity index is 746. The van der Waals surface area contributed by atoms with Gasteiger partial charge in [-0.15, -0.1) is 0 Å². The van der Waals surface area contributed by atoms with Crippen LogP contribution in [0.2, 0.25) is 0 Å². The SMILES string of the molecule is CC(C)c1nc(CN2CC[C@H](c3ccc4c(c3)OCO4)[C@@H](O)C2)no1. The summed E-state index contributed by atoms with van der Waals surface area (Å²) in [5.41, 5.74) is 1.10. The van der Waals surface area contributed by atoms with Gasteiger partial charge in [0, 0.05) is 18.4 Å². The molecule has 0 radical (unpaired) electrons. The van der Waals surface area contributed by atoms with E-state index in [2.05, 4.69) is 15.0 Å². The number of aromatic nitrogens is 2. The van der Waals surface area contributed by atoms with Crippen molar-refractivity contribution in [3.8, 4) is 11.5 Å². The number of aliphatic hydroxyl groups excluding tert-OH is 1. The van der Waals surface area contributed by atoms with Crippen molar-refractivity contribution in [2.45, 2.75) is 44.8 Å². The Morgan fingerprint density at radius 3 is 2.88 bits per heavy atom. The predicted molar refractivity (Wildman–Crippen MR) is 89.6 cm³/mol. The van der Waals surface area contributed by atoms with Crippen molar-refractivity contribution in [2.75, 3.05) is 19.9 Å². The highest BCUT2D eigenvalue weighted by molar-refractivity contribution is 5.45. The molecule has 25 heavy (non-hydrogen) atoms. The number of likely N-dealkylation sites (tertiary alicyclic amines) is 1. The van der Waals surface area contributed by atoms with E-state index in [-0.39, 0.29) is 18.6 Å². The summed E-state index contributed by atoms with van der Waals surface area (Å²) in [7, 11) is 0. The fraction of sp³-hybridized carbons (Fsp3) is 0.556. The number of rotatable bonds is 4. The molecule has 1 aromatic heterocycles. The van der Waals surface area contributed by atoms with Crippen LogP contribution in [0.5, 0.6) is 11.5 Å². The van der Waals surface area contributed by atoms with Gasteiger partial charge >= 0.3 is 0 Å². The smallest absolute Gasteiger partial charge is 0.231 e. The van der Waals surface area contributed by atoms with Crippen molar-refractivity contribution < 1.29 is 19.1 Å². The van der Waals surface area contributed by atoms with E-state index in [1.54, 1.807) is 0 Å². The van der Waals surface area contributed by atoms with E-state index in [4.69, 9.17) is 14.0 Å². The van der Waals surface area contributed by atoms with Gasteiger partial charge in [0.2, 0.25) is 12.7 Å². The molecule has 134 valence electrons. The number of piperidine rings is 1. The van der Waals surface area contributed by atoms with E-state index < -0.39 is 6.10 Å². The van der Waals surface area contributed by atoms with E-state index in [0.29, 0.717) is 24.8 Å². The molecule has 1 saturated heterocycles. The van der Waals surface area contributed by atoms with Crippen LogP contribution in [0.3, 0.4) is 0 Å². The Morgan fingerprint density at radius 2 is 2.12 bits per heavy atom. The van der Waals surface area contributed by atoms with Crippen LogP contribution in [0, 0.1) is 0 Å². The maximum atomic E-state index is 10.6. The van der Waals surface area contributed by atoms with Crippen LogP contribution in [0.4, 0.5) is 0 Å². The molecule has 1 N–H and O–H groups in total. The normalized spacial score (nSPS) is 23.4. The number of ether oxygens (including phenoxy) is 2. The molecular weight excluding hydrogens is 322 g/mol. The summed E-state index contributed by atoms with van der Waals surface area (Å²) in [5.74, 6) is 3.20. The van der Waals surface area contributed by atoms with Crippen LogP contribution in [0.1, 0.15) is 49.4 Å². The van der Waals surface area contributed by atoms with E-state index >= 15 is 0 Å². The van der Waals surface area contributed by atoms with Crippen LogP contribution < -0.4 is 9.47 Å². The maximum Gasteiger partial charge on any atom is 0.231 e. The second kappa shape index (κ2) is 6.65. The van der Waals surface area contributed by atoms with Gasteiger partial charge in [0.1, 0.15) is 0 Å². The summed E-state index contributed by atoms with van der Waals surface area (Å²) in [6, 6.07) is 5.93. The molecule has 0 aliphatic carbocycles. The lowest BCUT2D eigenvalue weighted by molar-refractivity contribution is 0.0461. The topological polar surface area (TPSA) is 80.9 Å². The van der Waals surface area contributed by atoms with Crippen molar-refractivity contribution in [3.63, 3.8) is 0 Å². The fourth-order valence-corrected chi connectivity index (χ4v) is 3.44. The van der Waals surface area contributed by atoms with Gasteiger partial charge < -0.3 is 19.1 Å². The summed E-state index contributed by atoms with van der Waals surface area (Å²) >= 11 is 0. The Balaban J connectivity index is 1.40. The lowest BCUT2D eigenvalue weighted by Gasteiger charge is -2.35. The Kier molecular flexibility index (Phi) is 4.35. The highest BCUT2D eigenvalue weighted by Crippen LogP contribution is 2.37. The molecular formula is C18H23N3O4.